The second-order valence-corrected chi connectivity index (χ2v) is 4.74. The number of carbonyl (C=O) groups excluding carboxylic acids is 2. The third-order valence-corrected chi connectivity index (χ3v) is 3.08. The van der Waals surface area contributed by atoms with Gasteiger partial charge in [0.05, 0.1) is 18.5 Å². The average molecular weight is 313 g/mol. The third kappa shape index (κ3) is 5.10. The largest absolute Gasteiger partial charge is 0.494 e. The third-order valence-electron chi connectivity index (χ3n) is 3.08. The number of nitrogens with one attached hydrogen (secondary N) is 2. The van der Waals surface area contributed by atoms with Crippen LogP contribution in [0.15, 0.2) is 48.8 Å². The Labute approximate surface area is 134 Å². The van der Waals surface area contributed by atoms with E-state index in [2.05, 4.69) is 15.6 Å². The summed E-state index contributed by atoms with van der Waals surface area (Å²) >= 11 is 0. The quantitative estimate of drug-likeness (QED) is 0.797. The van der Waals surface area contributed by atoms with Crippen molar-refractivity contribution in [3.8, 4) is 5.75 Å². The molecule has 0 aliphatic carbocycles. The summed E-state index contributed by atoms with van der Waals surface area (Å²) in [5, 5.41) is 5.08. The molecule has 2 N–H and O–H groups in total. The van der Waals surface area contributed by atoms with E-state index in [1.807, 2.05) is 31.2 Å². The molecule has 2 rings (SSSR count). The maximum absolute atomic E-state index is 11.8. The maximum Gasteiger partial charge on any atom is 0.313 e. The number of benzene rings is 1. The Bertz CT molecular complexity index is 659. The molecule has 0 atom stereocenters. The van der Waals surface area contributed by atoms with Crippen molar-refractivity contribution >= 4 is 17.5 Å². The van der Waals surface area contributed by atoms with Gasteiger partial charge >= 0.3 is 11.8 Å². The van der Waals surface area contributed by atoms with E-state index in [0.29, 0.717) is 25.3 Å². The molecule has 6 heteroatoms. The summed E-state index contributed by atoms with van der Waals surface area (Å²) in [5.74, 6) is -0.595. The first kappa shape index (κ1) is 16.5. The Morgan fingerprint density at radius 3 is 2.70 bits per heavy atom. The Balaban J connectivity index is 1.82. The van der Waals surface area contributed by atoms with Crippen LogP contribution in [-0.2, 0) is 16.0 Å². The van der Waals surface area contributed by atoms with Crippen LogP contribution in [0.3, 0.4) is 0 Å². The maximum atomic E-state index is 11.8. The lowest BCUT2D eigenvalue weighted by molar-refractivity contribution is -0.136. The van der Waals surface area contributed by atoms with Crippen LogP contribution in [0.25, 0.3) is 0 Å². The van der Waals surface area contributed by atoms with Gasteiger partial charge in [0, 0.05) is 12.7 Å². The van der Waals surface area contributed by atoms with E-state index in [9.17, 15) is 9.59 Å². The Morgan fingerprint density at radius 1 is 1.13 bits per heavy atom. The first-order valence-electron chi connectivity index (χ1n) is 7.40. The fraction of sp³-hybridized carbons (Fsp3) is 0.235. The van der Waals surface area contributed by atoms with Gasteiger partial charge in [-0.05, 0) is 37.1 Å². The van der Waals surface area contributed by atoms with E-state index >= 15 is 0 Å². The van der Waals surface area contributed by atoms with E-state index in [1.165, 1.54) is 6.20 Å². The van der Waals surface area contributed by atoms with Crippen molar-refractivity contribution in [3.63, 3.8) is 0 Å². The number of hydrogen-bond acceptors (Lipinski definition) is 4. The molecule has 0 unspecified atom stereocenters. The summed E-state index contributed by atoms with van der Waals surface area (Å²) in [6.45, 7) is 2.85. The zero-order valence-electron chi connectivity index (χ0n) is 12.9. The highest BCUT2D eigenvalue weighted by Crippen LogP contribution is 2.17. The summed E-state index contributed by atoms with van der Waals surface area (Å²) in [5.41, 5.74) is 1.47. The van der Waals surface area contributed by atoms with Gasteiger partial charge in [0.2, 0.25) is 0 Å². The molecule has 1 heterocycles. The van der Waals surface area contributed by atoms with Crippen molar-refractivity contribution in [3.05, 3.63) is 54.4 Å². The van der Waals surface area contributed by atoms with E-state index in [-0.39, 0.29) is 0 Å². The Morgan fingerprint density at radius 2 is 1.96 bits per heavy atom. The number of carbonyl (C=O) groups is 2. The molecule has 6 nitrogen and oxygen atoms in total. The molecule has 0 aliphatic heterocycles. The smallest absolute Gasteiger partial charge is 0.313 e. The molecule has 1 aromatic heterocycles. The molecule has 0 radical (unpaired) electrons. The number of pyridine rings is 1. The van der Waals surface area contributed by atoms with E-state index in [4.69, 9.17) is 4.74 Å². The summed E-state index contributed by atoms with van der Waals surface area (Å²) in [7, 11) is 0. The fourth-order valence-electron chi connectivity index (χ4n) is 2.02. The number of para-hydroxylation sites is 1. The van der Waals surface area contributed by atoms with Gasteiger partial charge in [-0.3, -0.25) is 14.6 Å². The predicted octanol–water partition coefficient (Wildman–Crippen LogP) is 1.78. The first-order chi connectivity index (χ1) is 11.2. The lowest BCUT2D eigenvalue weighted by Crippen LogP contribution is -2.36. The summed E-state index contributed by atoms with van der Waals surface area (Å²) in [4.78, 5) is 27.4. The highest BCUT2D eigenvalue weighted by Gasteiger charge is 2.13. The van der Waals surface area contributed by atoms with Crippen molar-refractivity contribution < 1.29 is 14.3 Å². The van der Waals surface area contributed by atoms with Gasteiger partial charge in [-0.25, -0.2) is 0 Å². The minimum Gasteiger partial charge on any atom is -0.494 e. The topological polar surface area (TPSA) is 80.3 Å². The number of amides is 2. The zero-order chi connectivity index (χ0) is 16.5. The molecule has 2 aromatic rings. The normalized spacial score (nSPS) is 9.96. The van der Waals surface area contributed by atoms with Gasteiger partial charge < -0.3 is 15.4 Å². The molecular weight excluding hydrogens is 294 g/mol. The number of aromatic nitrogens is 1. The van der Waals surface area contributed by atoms with Gasteiger partial charge in [-0.1, -0.05) is 18.2 Å². The van der Waals surface area contributed by atoms with Crippen molar-refractivity contribution in [2.24, 2.45) is 0 Å². The minimum absolute atomic E-state index is 0.351. The average Bonchev–Trinajstić information content (AvgIpc) is 2.57. The number of ether oxygens (including phenoxy) is 1. The number of anilines is 1. The fourth-order valence-corrected chi connectivity index (χ4v) is 2.02. The molecule has 120 valence electrons. The second kappa shape index (κ2) is 8.53. The predicted molar refractivity (Wildman–Crippen MR) is 87.2 cm³/mol. The van der Waals surface area contributed by atoms with E-state index in [0.717, 1.165) is 11.3 Å². The number of nitrogens with zero attached hydrogens (tertiary/aromatic N) is 1. The molecule has 0 bridgehead atoms. The highest BCUT2D eigenvalue weighted by molar-refractivity contribution is 6.39. The molecule has 0 fully saturated rings. The van der Waals surface area contributed by atoms with Gasteiger partial charge in [0.25, 0.3) is 0 Å². The van der Waals surface area contributed by atoms with Crippen LogP contribution >= 0.6 is 0 Å². The standard InChI is InChI=1S/C17H19N3O3/c1-2-23-15-8-4-3-6-13(15)9-11-19-16(21)17(22)20-14-7-5-10-18-12-14/h3-8,10,12H,2,9,11H2,1H3,(H,19,21)(H,20,22). The highest BCUT2D eigenvalue weighted by atomic mass is 16.5. The molecule has 0 spiro atoms. The summed E-state index contributed by atoms with van der Waals surface area (Å²) in [6, 6.07) is 11.0. The first-order valence-corrected chi connectivity index (χ1v) is 7.40. The Kier molecular flexibility index (Phi) is 6.11. The number of rotatable bonds is 6. The molecule has 0 aliphatic rings. The van der Waals surface area contributed by atoms with Crippen LogP contribution < -0.4 is 15.4 Å². The van der Waals surface area contributed by atoms with Crippen LogP contribution in [-0.4, -0.2) is 29.9 Å². The summed E-state index contributed by atoms with van der Waals surface area (Å²) in [6.07, 6.45) is 3.65. The molecule has 2 amide bonds. The van der Waals surface area contributed by atoms with Crippen LogP contribution in [0, 0.1) is 0 Å². The van der Waals surface area contributed by atoms with Crippen LogP contribution in [0.5, 0.6) is 5.75 Å². The van der Waals surface area contributed by atoms with E-state index < -0.39 is 11.8 Å². The van der Waals surface area contributed by atoms with Crippen molar-refractivity contribution in [2.75, 3.05) is 18.5 Å². The van der Waals surface area contributed by atoms with Gasteiger partial charge in [0.15, 0.2) is 0 Å². The minimum atomic E-state index is -0.712. The second-order valence-electron chi connectivity index (χ2n) is 4.74. The SMILES string of the molecule is CCOc1ccccc1CCNC(=O)C(=O)Nc1cccnc1. The van der Waals surface area contributed by atoms with Crippen LogP contribution in [0.1, 0.15) is 12.5 Å². The van der Waals surface area contributed by atoms with Crippen molar-refractivity contribution in [1.29, 1.82) is 0 Å². The van der Waals surface area contributed by atoms with Gasteiger partial charge in [-0.2, -0.15) is 0 Å². The lowest BCUT2D eigenvalue weighted by atomic mass is 10.1. The lowest BCUT2D eigenvalue weighted by Gasteiger charge is -2.10. The number of hydrogen-bond donors (Lipinski definition) is 2. The van der Waals surface area contributed by atoms with Crippen molar-refractivity contribution in [2.45, 2.75) is 13.3 Å². The molecule has 23 heavy (non-hydrogen) atoms. The van der Waals surface area contributed by atoms with Crippen LogP contribution in [0.4, 0.5) is 5.69 Å². The van der Waals surface area contributed by atoms with Gasteiger partial charge in [-0.15, -0.1) is 0 Å². The zero-order valence-corrected chi connectivity index (χ0v) is 12.9. The van der Waals surface area contributed by atoms with E-state index in [1.54, 1.807) is 18.3 Å². The molecule has 0 saturated carbocycles. The Hall–Kier alpha value is -2.89. The summed E-state index contributed by atoms with van der Waals surface area (Å²) < 4.78 is 5.52. The van der Waals surface area contributed by atoms with Crippen LogP contribution in [0.2, 0.25) is 0 Å². The molecule has 0 saturated heterocycles. The molecular formula is C17H19N3O3. The van der Waals surface area contributed by atoms with Gasteiger partial charge in [0.1, 0.15) is 5.75 Å². The monoisotopic (exact) mass is 313 g/mol. The molecule has 1 aromatic carbocycles. The van der Waals surface area contributed by atoms with Crippen molar-refractivity contribution in [1.82, 2.24) is 10.3 Å².